The Labute approximate surface area is 207 Å². The molecule has 0 saturated heterocycles. The minimum absolute atomic E-state index is 0.0511. The van der Waals surface area contributed by atoms with Gasteiger partial charge in [0, 0.05) is 19.3 Å². The summed E-state index contributed by atoms with van der Waals surface area (Å²) in [5.41, 5.74) is 0. The molecule has 0 atom stereocenters. The normalized spacial score (nSPS) is 10.2. The van der Waals surface area contributed by atoms with Gasteiger partial charge in [-0.05, 0) is 31.1 Å². The van der Waals surface area contributed by atoms with Crippen LogP contribution in [0.5, 0.6) is 0 Å². The van der Waals surface area contributed by atoms with Gasteiger partial charge in [-0.2, -0.15) is 0 Å². The third kappa shape index (κ3) is 28.6. The molecule has 2 nitrogen and oxygen atoms in total. The van der Waals surface area contributed by atoms with E-state index in [4.69, 9.17) is 4.74 Å². The summed E-state index contributed by atoms with van der Waals surface area (Å²) in [6, 6.07) is 0. The van der Waals surface area contributed by atoms with Crippen LogP contribution < -0.4 is 0 Å². The lowest BCUT2D eigenvalue weighted by molar-refractivity contribution is -0.143. The van der Waals surface area contributed by atoms with Crippen molar-refractivity contribution in [2.24, 2.45) is 0 Å². The van der Waals surface area contributed by atoms with E-state index in [0.717, 1.165) is 32.1 Å². The van der Waals surface area contributed by atoms with Gasteiger partial charge in [0.2, 0.25) is 0 Å². The molecule has 0 aromatic carbocycles. The first-order valence-corrected chi connectivity index (χ1v) is 14.4. The molecule has 0 unspecified atom stereocenters. The highest BCUT2D eigenvalue weighted by Crippen LogP contribution is 2.13. The van der Waals surface area contributed by atoms with Crippen molar-refractivity contribution in [1.82, 2.24) is 0 Å². The molecule has 0 amide bonds. The Balaban J connectivity index is 3.32. The van der Waals surface area contributed by atoms with Gasteiger partial charge in [-0.1, -0.05) is 135 Å². The predicted molar refractivity (Wildman–Crippen MR) is 144 cm³/mol. The maximum Gasteiger partial charge on any atom is 0.305 e. The van der Waals surface area contributed by atoms with E-state index in [1.165, 1.54) is 109 Å². The third-order valence-corrected chi connectivity index (χ3v) is 6.09. The number of esters is 1. The van der Waals surface area contributed by atoms with E-state index in [9.17, 15) is 4.79 Å². The van der Waals surface area contributed by atoms with Crippen LogP contribution in [0.15, 0.2) is 0 Å². The summed E-state index contributed by atoms with van der Waals surface area (Å²) in [5, 5.41) is 0. The Bertz CT molecular complexity index is 529. The zero-order chi connectivity index (χ0) is 24.1. The molecule has 0 fully saturated rings. The van der Waals surface area contributed by atoms with E-state index < -0.39 is 0 Å². The zero-order valence-corrected chi connectivity index (χ0v) is 22.3. The van der Waals surface area contributed by atoms with Gasteiger partial charge >= 0.3 is 5.97 Å². The first kappa shape index (κ1) is 31.6. The van der Waals surface area contributed by atoms with E-state index in [1.54, 1.807) is 0 Å². The van der Waals surface area contributed by atoms with Gasteiger partial charge in [0.25, 0.3) is 0 Å². The molecule has 190 valence electrons. The summed E-state index contributed by atoms with van der Waals surface area (Å²) >= 11 is 0. The van der Waals surface area contributed by atoms with Crippen molar-refractivity contribution in [3.8, 4) is 23.7 Å². The topological polar surface area (TPSA) is 26.3 Å². The van der Waals surface area contributed by atoms with Gasteiger partial charge in [-0.25, -0.2) is 0 Å². The SMILES string of the molecule is CCCCCCCCC#CC#CCCCOC(=O)CCCCCCCCCCCCCCC. The Morgan fingerprint density at radius 1 is 0.515 bits per heavy atom. The smallest absolute Gasteiger partial charge is 0.305 e. The fraction of sp³-hybridized carbons (Fsp3) is 0.839. The minimum Gasteiger partial charge on any atom is -0.466 e. The molecule has 0 spiro atoms. The van der Waals surface area contributed by atoms with Crippen LogP contribution in [-0.4, -0.2) is 12.6 Å². The largest absolute Gasteiger partial charge is 0.466 e. The van der Waals surface area contributed by atoms with Crippen LogP contribution in [0.4, 0.5) is 0 Å². The Hall–Kier alpha value is -1.41. The molecule has 33 heavy (non-hydrogen) atoms. The number of hydrogen-bond acceptors (Lipinski definition) is 2. The van der Waals surface area contributed by atoms with Crippen LogP contribution in [0, 0.1) is 23.7 Å². The fourth-order valence-electron chi connectivity index (χ4n) is 3.91. The third-order valence-electron chi connectivity index (χ3n) is 6.09. The highest BCUT2D eigenvalue weighted by atomic mass is 16.5. The Morgan fingerprint density at radius 3 is 1.39 bits per heavy atom. The van der Waals surface area contributed by atoms with E-state index in [0.29, 0.717) is 13.0 Å². The van der Waals surface area contributed by atoms with Crippen LogP contribution in [-0.2, 0) is 9.53 Å². The molecular formula is C31H54O2. The number of carbonyl (C=O) groups excluding carboxylic acids is 1. The van der Waals surface area contributed by atoms with Crippen LogP contribution in [0.1, 0.15) is 162 Å². The Morgan fingerprint density at radius 2 is 0.909 bits per heavy atom. The summed E-state index contributed by atoms with van der Waals surface area (Å²) in [6.45, 7) is 5.00. The molecule has 0 bridgehead atoms. The Kier molecular flexibility index (Phi) is 27.4. The maximum atomic E-state index is 11.8. The molecule has 2 heteroatoms. The van der Waals surface area contributed by atoms with Crippen molar-refractivity contribution in [1.29, 1.82) is 0 Å². The lowest BCUT2D eigenvalue weighted by atomic mass is 10.0. The summed E-state index contributed by atoms with van der Waals surface area (Å²) in [4.78, 5) is 11.8. The molecule has 0 radical (unpaired) electrons. The van der Waals surface area contributed by atoms with E-state index >= 15 is 0 Å². The van der Waals surface area contributed by atoms with Gasteiger partial charge < -0.3 is 4.74 Å². The van der Waals surface area contributed by atoms with Crippen molar-refractivity contribution < 1.29 is 9.53 Å². The number of hydrogen-bond donors (Lipinski definition) is 0. The number of rotatable bonds is 23. The lowest BCUT2D eigenvalue weighted by Gasteiger charge is -2.04. The average molecular weight is 459 g/mol. The van der Waals surface area contributed by atoms with E-state index in [1.807, 2.05) is 0 Å². The second-order valence-electron chi connectivity index (χ2n) is 9.44. The highest BCUT2D eigenvalue weighted by molar-refractivity contribution is 5.69. The van der Waals surface area contributed by atoms with E-state index in [2.05, 4.69) is 37.5 Å². The standard InChI is InChI=1S/C31H54O2/c1-3-5-7-9-11-13-15-17-19-21-23-25-27-29-31(32)33-30-28-26-24-22-20-18-16-14-12-10-8-6-4-2/h3-17,19,21,23,25-30H2,1-2H3. The molecule has 0 aliphatic heterocycles. The monoisotopic (exact) mass is 458 g/mol. The average Bonchev–Trinajstić information content (AvgIpc) is 2.82. The summed E-state index contributed by atoms with van der Waals surface area (Å²) in [7, 11) is 0. The maximum absolute atomic E-state index is 11.8. The quantitative estimate of drug-likeness (QED) is 0.0865. The van der Waals surface area contributed by atoms with Crippen LogP contribution in [0.3, 0.4) is 0 Å². The van der Waals surface area contributed by atoms with Crippen molar-refractivity contribution in [3.05, 3.63) is 0 Å². The molecule has 0 saturated carbocycles. The van der Waals surface area contributed by atoms with Gasteiger partial charge in [-0.15, -0.1) is 0 Å². The van der Waals surface area contributed by atoms with Crippen molar-refractivity contribution in [2.75, 3.05) is 6.61 Å². The van der Waals surface area contributed by atoms with Crippen LogP contribution in [0.25, 0.3) is 0 Å². The number of carbonyl (C=O) groups is 1. The molecule has 0 aromatic rings. The second kappa shape index (κ2) is 28.6. The number of unbranched alkanes of at least 4 members (excludes halogenated alkanes) is 19. The fourth-order valence-corrected chi connectivity index (χ4v) is 3.91. The zero-order valence-electron chi connectivity index (χ0n) is 22.3. The molecule has 0 N–H and O–H groups in total. The highest BCUT2D eigenvalue weighted by Gasteiger charge is 2.02. The molecule has 0 rings (SSSR count). The summed E-state index contributed by atoms with van der Waals surface area (Å²) in [6.07, 6.45) is 28.1. The molecule has 0 aliphatic rings. The first-order valence-electron chi connectivity index (χ1n) is 14.4. The van der Waals surface area contributed by atoms with Crippen molar-refractivity contribution in [3.63, 3.8) is 0 Å². The molecule has 0 aliphatic carbocycles. The van der Waals surface area contributed by atoms with Gasteiger partial charge in [0.15, 0.2) is 0 Å². The number of ether oxygens (including phenoxy) is 1. The lowest BCUT2D eigenvalue weighted by Crippen LogP contribution is -2.05. The second-order valence-corrected chi connectivity index (χ2v) is 9.44. The van der Waals surface area contributed by atoms with Crippen LogP contribution >= 0.6 is 0 Å². The van der Waals surface area contributed by atoms with Gasteiger partial charge in [0.1, 0.15) is 0 Å². The summed E-state index contributed by atoms with van der Waals surface area (Å²) < 4.78 is 5.31. The van der Waals surface area contributed by atoms with Crippen molar-refractivity contribution >= 4 is 5.97 Å². The molecule has 0 aromatic heterocycles. The molecular weight excluding hydrogens is 404 g/mol. The summed E-state index contributed by atoms with van der Waals surface area (Å²) in [5.74, 6) is 12.0. The van der Waals surface area contributed by atoms with Gasteiger partial charge in [-0.3, -0.25) is 4.79 Å². The van der Waals surface area contributed by atoms with Gasteiger partial charge in [0.05, 0.1) is 6.61 Å². The van der Waals surface area contributed by atoms with E-state index in [-0.39, 0.29) is 5.97 Å². The van der Waals surface area contributed by atoms with Crippen molar-refractivity contribution in [2.45, 2.75) is 162 Å². The van der Waals surface area contributed by atoms with Crippen LogP contribution in [0.2, 0.25) is 0 Å². The minimum atomic E-state index is -0.0511. The first-order chi connectivity index (χ1) is 16.3. The molecule has 0 heterocycles. The predicted octanol–water partition coefficient (Wildman–Crippen LogP) is 9.55.